The third-order valence-electron chi connectivity index (χ3n) is 5.10. The van der Waals surface area contributed by atoms with E-state index < -0.39 is 0 Å². The van der Waals surface area contributed by atoms with Crippen molar-refractivity contribution in [1.82, 2.24) is 15.3 Å². The molecule has 0 unspecified atom stereocenters. The van der Waals surface area contributed by atoms with Crippen LogP contribution in [0.15, 0.2) is 29.3 Å². The van der Waals surface area contributed by atoms with Crippen molar-refractivity contribution < 1.29 is 0 Å². The lowest BCUT2D eigenvalue weighted by Crippen LogP contribution is -2.40. The SMILES string of the molecule is Cc1cc(C)nc(NC(=NC2CCCCC2)NC(=S)Nc2ccc(C)c(C)c2)n1. The minimum Gasteiger partial charge on any atom is -0.332 e. The van der Waals surface area contributed by atoms with Crippen LogP contribution < -0.4 is 16.0 Å². The standard InChI is InChI=1S/C22H30N6S/c1-14-10-11-19(12-15(14)2)26-22(29)28-21(25-18-8-6-5-7-9-18)27-20-23-16(3)13-17(4)24-20/h10-13,18H,5-9H2,1-4H3,(H3,23,24,25,26,27,28,29). The lowest BCUT2D eigenvalue weighted by molar-refractivity contribution is 0.443. The lowest BCUT2D eigenvalue weighted by atomic mass is 9.96. The molecule has 0 atom stereocenters. The van der Waals surface area contributed by atoms with Gasteiger partial charge in [-0.25, -0.2) is 15.0 Å². The van der Waals surface area contributed by atoms with E-state index in [0.29, 0.717) is 17.0 Å². The van der Waals surface area contributed by atoms with E-state index in [4.69, 9.17) is 17.2 Å². The van der Waals surface area contributed by atoms with Gasteiger partial charge < -0.3 is 10.6 Å². The topological polar surface area (TPSA) is 74.2 Å². The van der Waals surface area contributed by atoms with Crippen LogP contribution in [0.3, 0.4) is 0 Å². The van der Waals surface area contributed by atoms with Crippen LogP contribution in [0.5, 0.6) is 0 Å². The predicted molar refractivity (Wildman–Crippen MR) is 125 cm³/mol. The Hall–Kier alpha value is -2.54. The number of anilines is 2. The minimum atomic E-state index is 0.286. The largest absolute Gasteiger partial charge is 0.332 e. The van der Waals surface area contributed by atoms with Crippen molar-refractivity contribution >= 4 is 34.9 Å². The number of benzene rings is 1. The van der Waals surface area contributed by atoms with Gasteiger partial charge in [-0.1, -0.05) is 25.3 Å². The molecule has 1 aliphatic carbocycles. The van der Waals surface area contributed by atoms with E-state index in [9.17, 15) is 0 Å². The molecule has 0 saturated heterocycles. The molecule has 2 aromatic rings. The monoisotopic (exact) mass is 410 g/mol. The molecular formula is C22H30N6S. The van der Waals surface area contributed by atoms with Crippen molar-refractivity contribution in [3.05, 3.63) is 46.8 Å². The Balaban J connectivity index is 1.75. The maximum atomic E-state index is 5.54. The zero-order chi connectivity index (χ0) is 20.8. The van der Waals surface area contributed by atoms with E-state index in [1.54, 1.807) is 0 Å². The smallest absolute Gasteiger partial charge is 0.229 e. The van der Waals surface area contributed by atoms with Gasteiger partial charge in [0.15, 0.2) is 5.11 Å². The Morgan fingerprint density at radius 1 is 0.931 bits per heavy atom. The zero-order valence-electron chi connectivity index (χ0n) is 17.7. The van der Waals surface area contributed by atoms with Gasteiger partial charge in [-0.3, -0.25) is 5.32 Å². The van der Waals surface area contributed by atoms with E-state index in [2.05, 4.69) is 51.9 Å². The fraction of sp³-hybridized carbons (Fsp3) is 0.455. The van der Waals surface area contributed by atoms with Gasteiger partial charge in [-0.15, -0.1) is 0 Å². The van der Waals surface area contributed by atoms with Crippen LogP contribution in [0.1, 0.15) is 54.6 Å². The molecular weight excluding hydrogens is 380 g/mol. The average Bonchev–Trinajstić information content (AvgIpc) is 2.64. The summed E-state index contributed by atoms with van der Waals surface area (Å²) in [6, 6.07) is 8.42. The highest BCUT2D eigenvalue weighted by Gasteiger charge is 2.15. The molecule has 7 heteroatoms. The molecule has 1 heterocycles. The third kappa shape index (κ3) is 6.49. The summed E-state index contributed by atoms with van der Waals surface area (Å²) in [5.41, 5.74) is 5.24. The highest BCUT2D eigenvalue weighted by atomic mass is 32.1. The van der Waals surface area contributed by atoms with Crippen molar-refractivity contribution in [2.75, 3.05) is 10.6 Å². The Morgan fingerprint density at radius 3 is 2.28 bits per heavy atom. The second kappa shape index (κ2) is 9.78. The van der Waals surface area contributed by atoms with E-state index >= 15 is 0 Å². The van der Waals surface area contributed by atoms with Crippen LogP contribution in [-0.2, 0) is 0 Å². The number of nitrogens with one attached hydrogen (secondary N) is 3. The summed E-state index contributed by atoms with van der Waals surface area (Å²) in [6.45, 7) is 8.10. The van der Waals surface area contributed by atoms with Gasteiger partial charge in [0.1, 0.15) is 0 Å². The average molecular weight is 411 g/mol. The Kier molecular flexibility index (Phi) is 7.14. The van der Waals surface area contributed by atoms with Crippen LogP contribution in [0, 0.1) is 27.7 Å². The second-order valence-electron chi connectivity index (χ2n) is 7.75. The van der Waals surface area contributed by atoms with Gasteiger partial charge in [-0.05, 0) is 82.1 Å². The number of hydrogen-bond donors (Lipinski definition) is 3. The molecule has 0 spiro atoms. The molecule has 1 aromatic carbocycles. The molecule has 29 heavy (non-hydrogen) atoms. The van der Waals surface area contributed by atoms with Crippen molar-refractivity contribution in [2.45, 2.75) is 65.8 Å². The van der Waals surface area contributed by atoms with Crippen LogP contribution in [0.25, 0.3) is 0 Å². The molecule has 1 aromatic heterocycles. The molecule has 1 saturated carbocycles. The van der Waals surface area contributed by atoms with Crippen molar-refractivity contribution in [2.24, 2.45) is 4.99 Å². The zero-order valence-corrected chi connectivity index (χ0v) is 18.5. The predicted octanol–water partition coefficient (Wildman–Crippen LogP) is 4.80. The molecule has 0 bridgehead atoms. The number of aliphatic imine (C=N–C) groups is 1. The summed E-state index contributed by atoms with van der Waals surface area (Å²) in [4.78, 5) is 13.8. The number of aromatic nitrogens is 2. The molecule has 154 valence electrons. The summed E-state index contributed by atoms with van der Waals surface area (Å²) >= 11 is 5.54. The molecule has 3 N–H and O–H groups in total. The first kappa shape index (κ1) is 21.2. The van der Waals surface area contributed by atoms with E-state index in [-0.39, 0.29) is 6.04 Å². The highest BCUT2D eigenvalue weighted by molar-refractivity contribution is 7.80. The van der Waals surface area contributed by atoms with E-state index in [1.165, 1.54) is 30.4 Å². The molecule has 0 aliphatic heterocycles. The first-order valence-electron chi connectivity index (χ1n) is 10.2. The van der Waals surface area contributed by atoms with Gasteiger partial charge in [0.05, 0.1) is 6.04 Å². The third-order valence-corrected chi connectivity index (χ3v) is 5.30. The normalized spacial score (nSPS) is 15.1. The van der Waals surface area contributed by atoms with Gasteiger partial charge in [-0.2, -0.15) is 0 Å². The number of hydrogen-bond acceptors (Lipinski definition) is 4. The van der Waals surface area contributed by atoms with Crippen LogP contribution in [0.2, 0.25) is 0 Å². The van der Waals surface area contributed by atoms with Gasteiger partial charge in [0.2, 0.25) is 11.9 Å². The first-order chi connectivity index (χ1) is 13.9. The number of guanidine groups is 1. The molecule has 1 aliphatic rings. The maximum Gasteiger partial charge on any atom is 0.229 e. The summed E-state index contributed by atoms with van der Waals surface area (Å²) in [5, 5.41) is 10.2. The summed E-state index contributed by atoms with van der Waals surface area (Å²) < 4.78 is 0. The molecule has 1 fully saturated rings. The molecule has 3 rings (SSSR count). The van der Waals surface area contributed by atoms with Gasteiger partial charge in [0, 0.05) is 17.1 Å². The molecule has 0 radical (unpaired) electrons. The number of thiocarbonyl (C=S) groups is 1. The van der Waals surface area contributed by atoms with Gasteiger partial charge >= 0.3 is 0 Å². The second-order valence-corrected chi connectivity index (χ2v) is 8.16. The van der Waals surface area contributed by atoms with Crippen molar-refractivity contribution in [3.63, 3.8) is 0 Å². The van der Waals surface area contributed by atoms with E-state index in [1.807, 2.05) is 26.0 Å². The van der Waals surface area contributed by atoms with Gasteiger partial charge in [0.25, 0.3) is 0 Å². The summed E-state index contributed by atoms with van der Waals surface area (Å²) in [6.07, 6.45) is 5.91. The van der Waals surface area contributed by atoms with Crippen molar-refractivity contribution in [1.29, 1.82) is 0 Å². The highest BCUT2D eigenvalue weighted by Crippen LogP contribution is 2.20. The minimum absolute atomic E-state index is 0.286. The molecule has 6 nitrogen and oxygen atoms in total. The van der Waals surface area contributed by atoms with Crippen LogP contribution in [-0.4, -0.2) is 27.1 Å². The quantitative estimate of drug-likeness (QED) is 0.383. The van der Waals surface area contributed by atoms with Crippen LogP contribution >= 0.6 is 12.2 Å². The lowest BCUT2D eigenvalue weighted by Gasteiger charge is -2.21. The fourth-order valence-electron chi connectivity index (χ4n) is 3.47. The van der Waals surface area contributed by atoms with Crippen LogP contribution in [0.4, 0.5) is 11.6 Å². The Morgan fingerprint density at radius 2 is 1.62 bits per heavy atom. The van der Waals surface area contributed by atoms with Crippen molar-refractivity contribution in [3.8, 4) is 0 Å². The fourth-order valence-corrected chi connectivity index (χ4v) is 3.68. The molecule has 0 amide bonds. The summed E-state index contributed by atoms with van der Waals surface area (Å²) in [7, 11) is 0. The number of aryl methyl sites for hydroxylation is 4. The number of rotatable bonds is 3. The maximum absolute atomic E-state index is 5.54. The first-order valence-corrected chi connectivity index (χ1v) is 10.6. The van der Waals surface area contributed by atoms with E-state index in [0.717, 1.165) is 29.9 Å². The Bertz CT molecular complexity index is 882. The number of nitrogens with zero attached hydrogens (tertiary/aromatic N) is 3. The summed E-state index contributed by atoms with van der Waals surface area (Å²) in [5.74, 6) is 1.11. The Labute approximate surface area is 178 Å².